The fraction of sp³-hybridized carbons (Fsp3) is 0.250. The summed E-state index contributed by atoms with van der Waals surface area (Å²) in [5, 5.41) is 3.55. The summed E-state index contributed by atoms with van der Waals surface area (Å²) in [6.45, 7) is 1.37. The number of hydrogen-bond donors (Lipinski definition) is 1. The van der Waals surface area contributed by atoms with Gasteiger partial charge in [-0.25, -0.2) is 0 Å². The van der Waals surface area contributed by atoms with Crippen molar-refractivity contribution in [3.05, 3.63) is 6.33 Å². The van der Waals surface area contributed by atoms with E-state index in [1.807, 2.05) is 0 Å². The minimum atomic E-state index is -0.231. The summed E-state index contributed by atoms with van der Waals surface area (Å²) in [6.07, 6.45) is 1.23. The molecule has 1 aromatic rings. The molecule has 0 aliphatic rings. The van der Waals surface area contributed by atoms with Gasteiger partial charge in [0.25, 0.3) is 0 Å². The second kappa shape index (κ2) is 1.85. The van der Waals surface area contributed by atoms with Crippen LogP contribution in [-0.4, -0.2) is 20.7 Å². The third kappa shape index (κ3) is 0.883. The summed E-state index contributed by atoms with van der Waals surface area (Å²) in [5.41, 5.74) is 5.21. The molecule has 0 bridgehead atoms. The maximum atomic E-state index is 10.5. The van der Waals surface area contributed by atoms with Crippen molar-refractivity contribution < 1.29 is 4.79 Å². The third-order valence-corrected chi connectivity index (χ3v) is 0.872. The van der Waals surface area contributed by atoms with Crippen LogP contribution in [0.5, 0.6) is 0 Å². The predicted molar refractivity (Wildman–Crippen MR) is 30.7 cm³/mol. The minimum Gasteiger partial charge on any atom is -0.368 e. The van der Waals surface area contributed by atoms with Gasteiger partial charge in [0.05, 0.1) is 0 Å². The van der Waals surface area contributed by atoms with Crippen molar-refractivity contribution in [3.63, 3.8) is 0 Å². The van der Waals surface area contributed by atoms with Crippen molar-refractivity contribution in [3.8, 4) is 0 Å². The lowest BCUT2D eigenvalue weighted by Crippen LogP contribution is -2.10. The summed E-state index contributed by atoms with van der Waals surface area (Å²) in [5.74, 6) is -0.104. The zero-order valence-corrected chi connectivity index (χ0v) is 4.90. The quantitative estimate of drug-likeness (QED) is 0.509. The van der Waals surface area contributed by atoms with Crippen LogP contribution in [0.25, 0.3) is 0 Å². The van der Waals surface area contributed by atoms with E-state index in [4.69, 9.17) is 5.73 Å². The molecule has 1 rings (SSSR count). The summed E-state index contributed by atoms with van der Waals surface area (Å²) in [4.78, 5) is 14.1. The standard InChI is InChI=1S/C4H6N4O/c1-3(9)8-4(5)6-2-7-8/h2H,1H3,(H2,5,6,7). The van der Waals surface area contributed by atoms with Gasteiger partial charge >= 0.3 is 0 Å². The first-order chi connectivity index (χ1) is 4.22. The number of carbonyl (C=O) groups excluding carboxylic acids is 1. The van der Waals surface area contributed by atoms with Gasteiger partial charge < -0.3 is 5.73 Å². The molecule has 0 saturated heterocycles. The van der Waals surface area contributed by atoms with Gasteiger partial charge in [0.15, 0.2) is 0 Å². The molecule has 0 unspecified atom stereocenters. The fourth-order valence-corrected chi connectivity index (χ4v) is 0.493. The molecule has 0 atom stereocenters. The summed E-state index contributed by atoms with van der Waals surface area (Å²) in [7, 11) is 0. The van der Waals surface area contributed by atoms with Crippen molar-refractivity contribution in [1.82, 2.24) is 14.8 Å². The summed E-state index contributed by atoms with van der Waals surface area (Å²) in [6, 6.07) is 0. The number of anilines is 1. The van der Waals surface area contributed by atoms with Gasteiger partial charge in [0.1, 0.15) is 6.33 Å². The molecule has 0 aliphatic carbocycles. The average Bonchev–Trinajstić information content (AvgIpc) is 2.13. The lowest BCUT2D eigenvalue weighted by molar-refractivity contribution is 0.0924. The van der Waals surface area contributed by atoms with Crippen LogP contribution in [0.3, 0.4) is 0 Å². The van der Waals surface area contributed by atoms with Gasteiger partial charge in [0, 0.05) is 6.92 Å². The number of nitrogens with zero attached hydrogens (tertiary/aromatic N) is 3. The number of rotatable bonds is 0. The van der Waals surface area contributed by atoms with E-state index in [1.165, 1.54) is 13.3 Å². The van der Waals surface area contributed by atoms with Crippen LogP contribution in [0.15, 0.2) is 6.33 Å². The highest BCUT2D eigenvalue weighted by atomic mass is 16.2. The Bertz CT molecular complexity index is 228. The lowest BCUT2D eigenvalue weighted by Gasteiger charge is -1.91. The van der Waals surface area contributed by atoms with Gasteiger partial charge in [-0.2, -0.15) is 14.8 Å². The summed E-state index contributed by atoms with van der Waals surface area (Å²) < 4.78 is 1.03. The Hall–Kier alpha value is -1.39. The molecule has 0 aliphatic heterocycles. The summed E-state index contributed by atoms with van der Waals surface area (Å²) >= 11 is 0. The molecule has 0 fully saturated rings. The first kappa shape index (κ1) is 5.74. The normalized spacial score (nSPS) is 9.44. The molecule has 1 aromatic heterocycles. The zero-order chi connectivity index (χ0) is 6.85. The number of hydrogen-bond acceptors (Lipinski definition) is 4. The second-order valence-electron chi connectivity index (χ2n) is 1.55. The van der Waals surface area contributed by atoms with Crippen LogP contribution in [0.2, 0.25) is 0 Å². The topological polar surface area (TPSA) is 73.8 Å². The van der Waals surface area contributed by atoms with Crippen molar-refractivity contribution in [2.45, 2.75) is 6.92 Å². The molecule has 2 N–H and O–H groups in total. The Morgan fingerprint density at radius 2 is 2.56 bits per heavy atom. The molecule has 48 valence electrons. The number of aromatic nitrogens is 3. The third-order valence-electron chi connectivity index (χ3n) is 0.872. The van der Waals surface area contributed by atoms with Gasteiger partial charge in [-0.3, -0.25) is 4.79 Å². The van der Waals surface area contributed by atoms with E-state index in [0.29, 0.717) is 0 Å². The molecule has 0 saturated carbocycles. The second-order valence-corrected chi connectivity index (χ2v) is 1.55. The van der Waals surface area contributed by atoms with Crippen molar-refractivity contribution in [2.24, 2.45) is 0 Å². The first-order valence-electron chi connectivity index (χ1n) is 2.38. The van der Waals surface area contributed by atoms with Gasteiger partial charge in [-0.15, -0.1) is 0 Å². The molecule has 5 nitrogen and oxygen atoms in total. The highest BCUT2D eigenvalue weighted by Crippen LogP contribution is 1.91. The maximum Gasteiger partial charge on any atom is 0.246 e. The van der Waals surface area contributed by atoms with E-state index < -0.39 is 0 Å². The molecule has 0 amide bonds. The lowest BCUT2D eigenvalue weighted by atomic mass is 10.7. The van der Waals surface area contributed by atoms with E-state index in [0.717, 1.165) is 4.68 Å². The molecule has 9 heavy (non-hydrogen) atoms. The Morgan fingerprint density at radius 3 is 2.78 bits per heavy atom. The van der Waals surface area contributed by atoms with E-state index in [1.54, 1.807) is 0 Å². The average molecular weight is 126 g/mol. The number of carbonyl (C=O) groups is 1. The van der Waals surface area contributed by atoms with Crippen LogP contribution < -0.4 is 5.73 Å². The highest BCUT2D eigenvalue weighted by Gasteiger charge is 2.01. The van der Waals surface area contributed by atoms with Crippen molar-refractivity contribution >= 4 is 11.9 Å². The SMILES string of the molecule is CC(=O)n1ncnc1N. The van der Waals surface area contributed by atoms with Crippen LogP contribution >= 0.6 is 0 Å². The molecule has 0 spiro atoms. The first-order valence-corrected chi connectivity index (χ1v) is 2.38. The van der Waals surface area contributed by atoms with Crippen molar-refractivity contribution in [1.29, 1.82) is 0 Å². The molecule has 0 radical (unpaired) electrons. The van der Waals surface area contributed by atoms with Crippen LogP contribution in [0.1, 0.15) is 11.7 Å². The van der Waals surface area contributed by atoms with Crippen LogP contribution in [0.4, 0.5) is 5.95 Å². The van der Waals surface area contributed by atoms with Gasteiger partial charge in [0.2, 0.25) is 11.9 Å². The molecule has 5 heteroatoms. The molecule has 1 heterocycles. The largest absolute Gasteiger partial charge is 0.368 e. The molecular formula is C4H6N4O. The van der Waals surface area contributed by atoms with Crippen LogP contribution in [-0.2, 0) is 0 Å². The predicted octanol–water partition coefficient (Wildman–Crippen LogP) is -0.480. The maximum absolute atomic E-state index is 10.5. The minimum absolute atomic E-state index is 0.127. The molecular weight excluding hydrogens is 120 g/mol. The highest BCUT2D eigenvalue weighted by molar-refractivity contribution is 5.77. The number of nitrogens with two attached hydrogens (primary N) is 1. The monoisotopic (exact) mass is 126 g/mol. The smallest absolute Gasteiger partial charge is 0.246 e. The Labute approximate surface area is 51.5 Å². The van der Waals surface area contributed by atoms with Crippen molar-refractivity contribution in [2.75, 3.05) is 5.73 Å². The van der Waals surface area contributed by atoms with E-state index in [2.05, 4.69) is 10.1 Å². The van der Waals surface area contributed by atoms with Gasteiger partial charge in [-0.05, 0) is 0 Å². The van der Waals surface area contributed by atoms with E-state index >= 15 is 0 Å². The molecule has 0 aromatic carbocycles. The zero-order valence-electron chi connectivity index (χ0n) is 4.90. The van der Waals surface area contributed by atoms with E-state index in [-0.39, 0.29) is 11.9 Å². The van der Waals surface area contributed by atoms with Gasteiger partial charge in [-0.1, -0.05) is 0 Å². The fourth-order valence-electron chi connectivity index (χ4n) is 0.493. The Morgan fingerprint density at radius 1 is 1.89 bits per heavy atom. The van der Waals surface area contributed by atoms with Crippen LogP contribution in [0, 0.1) is 0 Å². The number of nitrogen functional groups attached to an aromatic ring is 1. The Balaban J connectivity index is 3.08. The van der Waals surface area contributed by atoms with E-state index in [9.17, 15) is 4.79 Å². The Kier molecular flexibility index (Phi) is 1.18.